The number of aliphatic hydroxyl groups is 1. The third-order valence-corrected chi connectivity index (χ3v) is 3.93. The molecule has 0 spiro atoms. The summed E-state index contributed by atoms with van der Waals surface area (Å²) in [6.07, 6.45) is 3.05. The third-order valence-electron chi connectivity index (χ3n) is 2.09. The molecule has 0 heterocycles. The quantitative estimate of drug-likeness (QED) is 0.806. The minimum Gasteiger partial charge on any atom is -0.377 e. The first-order valence-electron chi connectivity index (χ1n) is 4.75. The SMILES string of the molecule is COP(=O)(OC)[C@H](O)C=Cc1ccccc1. The first kappa shape index (κ1) is 13.1. The summed E-state index contributed by atoms with van der Waals surface area (Å²) in [6, 6.07) is 9.38. The van der Waals surface area contributed by atoms with Crippen LogP contribution in [0.2, 0.25) is 0 Å². The Kier molecular flexibility index (Phi) is 4.90. The maximum absolute atomic E-state index is 11.7. The molecule has 1 atom stereocenters. The van der Waals surface area contributed by atoms with E-state index in [1.54, 1.807) is 6.08 Å². The predicted octanol–water partition coefficient (Wildman–Crippen LogP) is 2.50. The molecule has 1 N–H and O–H groups in total. The predicted molar refractivity (Wildman–Crippen MR) is 63.1 cm³/mol. The van der Waals surface area contributed by atoms with Gasteiger partial charge in [-0.05, 0) is 11.6 Å². The lowest BCUT2D eigenvalue weighted by molar-refractivity contribution is 0.201. The summed E-state index contributed by atoms with van der Waals surface area (Å²) in [7, 11) is -0.961. The van der Waals surface area contributed by atoms with Gasteiger partial charge in [0, 0.05) is 14.2 Å². The maximum Gasteiger partial charge on any atom is 0.362 e. The van der Waals surface area contributed by atoms with E-state index in [0.717, 1.165) is 5.56 Å². The van der Waals surface area contributed by atoms with Gasteiger partial charge in [0.05, 0.1) is 0 Å². The normalized spacial score (nSPS) is 14.2. The Morgan fingerprint density at radius 3 is 2.31 bits per heavy atom. The van der Waals surface area contributed by atoms with Gasteiger partial charge < -0.3 is 14.2 Å². The molecule has 0 amide bonds. The van der Waals surface area contributed by atoms with Crippen LogP contribution in [-0.2, 0) is 13.6 Å². The largest absolute Gasteiger partial charge is 0.377 e. The van der Waals surface area contributed by atoms with Gasteiger partial charge in [-0.25, -0.2) is 0 Å². The molecule has 0 aliphatic heterocycles. The van der Waals surface area contributed by atoms with Gasteiger partial charge >= 0.3 is 7.60 Å². The van der Waals surface area contributed by atoms with Gasteiger partial charge in [-0.15, -0.1) is 0 Å². The summed E-state index contributed by atoms with van der Waals surface area (Å²) < 4.78 is 21.1. The molecule has 0 bridgehead atoms. The summed E-state index contributed by atoms with van der Waals surface area (Å²) in [5.74, 6) is -1.26. The van der Waals surface area contributed by atoms with Crippen molar-refractivity contribution in [3.63, 3.8) is 0 Å². The van der Waals surface area contributed by atoms with Gasteiger partial charge in [-0.3, -0.25) is 4.57 Å². The Morgan fingerprint density at radius 2 is 1.81 bits per heavy atom. The van der Waals surface area contributed by atoms with E-state index in [0.29, 0.717) is 0 Å². The van der Waals surface area contributed by atoms with Crippen molar-refractivity contribution in [2.45, 2.75) is 5.85 Å². The summed E-state index contributed by atoms with van der Waals surface area (Å²) >= 11 is 0. The number of aliphatic hydroxyl groups excluding tert-OH is 1. The van der Waals surface area contributed by atoms with E-state index in [1.165, 1.54) is 20.3 Å². The Hall–Kier alpha value is -0.930. The topological polar surface area (TPSA) is 55.8 Å². The van der Waals surface area contributed by atoms with Crippen LogP contribution >= 0.6 is 7.60 Å². The molecule has 0 radical (unpaired) electrons. The van der Waals surface area contributed by atoms with Gasteiger partial charge in [0.1, 0.15) is 0 Å². The van der Waals surface area contributed by atoms with Gasteiger partial charge in [0.15, 0.2) is 5.85 Å². The van der Waals surface area contributed by atoms with Crippen molar-refractivity contribution in [2.75, 3.05) is 14.2 Å². The molecule has 0 fully saturated rings. The first-order valence-corrected chi connectivity index (χ1v) is 6.36. The van der Waals surface area contributed by atoms with Crippen molar-refractivity contribution in [3.05, 3.63) is 42.0 Å². The van der Waals surface area contributed by atoms with E-state index in [1.807, 2.05) is 30.3 Å². The van der Waals surface area contributed by atoms with Crippen molar-refractivity contribution < 1.29 is 18.7 Å². The fourth-order valence-electron chi connectivity index (χ4n) is 1.16. The average molecular weight is 242 g/mol. The van der Waals surface area contributed by atoms with E-state index < -0.39 is 13.4 Å². The molecule has 1 aromatic rings. The summed E-state index contributed by atoms with van der Waals surface area (Å²) in [4.78, 5) is 0. The molecule has 0 aliphatic rings. The number of hydrogen-bond acceptors (Lipinski definition) is 4. The first-order chi connectivity index (χ1) is 7.62. The highest BCUT2D eigenvalue weighted by molar-refractivity contribution is 7.54. The lowest BCUT2D eigenvalue weighted by atomic mass is 10.2. The van der Waals surface area contributed by atoms with Crippen LogP contribution in [0.3, 0.4) is 0 Å². The van der Waals surface area contributed by atoms with E-state index in [-0.39, 0.29) is 0 Å². The second-order valence-corrected chi connectivity index (χ2v) is 5.43. The lowest BCUT2D eigenvalue weighted by Gasteiger charge is -2.16. The smallest absolute Gasteiger partial charge is 0.362 e. The second kappa shape index (κ2) is 5.97. The summed E-state index contributed by atoms with van der Waals surface area (Å²) in [5.41, 5.74) is 0.903. The molecule has 0 unspecified atom stereocenters. The number of benzene rings is 1. The van der Waals surface area contributed by atoms with Crippen molar-refractivity contribution in [2.24, 2.45) is 0 Å². The van der Waals surface area contributed by atoms with Crippen LogP contribution in [-0.4, -0.2) is 25.2 Å². The monoisotopic (exact) mass is 242 g/mol. The highest BCUT2D eigenvalue weighted by Crippen LogP contribution is 2.50. The van der Waals surface area contributed by atoms with Gasteiger partial charge in [0.2, 0.25) is 0 Å². The average Bonchev–Trinajstić information content (AvgIpc) is 2.36. The van der Waals surface area contributed by atoms with Crippen LogP contribution in [0.1, 0.15) is 5.56 Å². The van der Waals surface area contributed by atoms with E-state index >= 15 is 0 Å². The zero-order valence-corrected chi connectivity index (χ0v) is 10.1. The van der Waals surface area contributed by atoms with E-state index in [9.17, 15) is 9.67 Å². The molecule has 1 rings (SSSR count). The zero-order valence-electron chi connectivity index (χ0n) is 9.24. The van der Waals surface area contributed by atoms with Crippen LogP contribution in [0.4, 0.5) is 0 Å². The van der Waals surface area contributed by atoms with Crippen LogP contribution < -0.4 is 0 Å². The second-order valence-electron chi connectivity index (χ2n) is 3.09. The zero-order chi connectivity index (χ0) is 12.0. The Morgan fingerprint density at radius 1 is 1.25 bits per heavy atom. The molecule has 0 saturated carbocycles. The van der Waals surface area contributed by atoms with Gasteiger partial charge in [-0.2, -0.15) is 0 Å². The maximum atomic E-state index is 11.7. The number of rotatable bonds is 5. The molecule has 0 aliphatic carbocycles. The molecule has 1 aromatic carbocycles. The van der Waals surface area contributed by atoms with Crippen LogP contribution in [0.5, 0.6) is 0 Å². The lowest BCUT2D eigenvalue weighted by Crippen LogP contribution is -2.06. The summed E-state index contributed by atoms with van der Waals surface area (Å²) in [5, 5.41) is 9.63. The van der Waals surface area contributed by atoms with Crippen LogP contribution in [0, 0.1) is 0 Å². The van der Waals surface area contributed by atoms with Crippen LogP contribution in [0.15, 0.2) is 36.4 Å². The molecule has 0 saturated heterocycles. The molecule has 0 aromatic heterocycles. The van der Waals surface area contributed by atoms with Crippen molar-refractivity contribution in [1.82, 2.24) is 0 Å². The van der Waals surface area contributed by atoms with Gasteiger partial charge in [0.25, 0.3) is 0 Å². The summed E-state index contributed by atoms with van der Waals surface area (Å²) in [6.45, 7) is 0. The van der Waals surface area contributed by atoms with E-state index in [4.69, 9.17) is 0 Å². The van der Waals surface area contributed by atoms with Crippen molar-refractivity contribution in [1.29, 1.82) is 0 Å². The minimum absolute atomic E-state index is 0.903. The fourth-order valence-corrected chi connectivity index (χ4v) is 2.04. The Labute approximate surface area is 95.1 Å². The third kappa shape index (κ3) is 3.29. The molecule has 4 nitrogen and oxygen atoms in total. The standard InChI is InChI=1S/C11H15O4P/c1-14-16(13,15-2)11(12)9-8-10-6-4-3-5-7-10/h3-9,11-12H,1-2H3/t11-/m0/s1. The molecule has 5 heteroatoms. The van der Waals surface area contributed by atoms with Gasteiger partial charge in [-0.1, -0.05) is 36.4 Å². The van der Waals surface area contributed by atoms with Crippen LogP contribution in [0.25, 0.3) is 6.08 Å². The minimum atomic E-state index is -3.44. The van der Waals surface area contributed by atoms with E-state index in [2.05, 4.69) is 9.05 Å². The molecular weight excluding hydrogens is 227 g/mol. The number of hydrogen-bond donors (Lipinski definition) is 1. The molecular formula is C11H15O4P. The Balaban J connectivity index is 2.75. The molecule has 16 heavy (non-hydrogen) atoms. The fraction of sp³-hybridized carbons (Fsp3) is 0.273. The Bertz CT molecular complexity index is 380. The highest BCUT2D eigenvalue weighted by Gasteiger charge is 2.29. The highest BCUT2D eigenvalue weighted by atomic mass is 31.2. The van der Waals surface area contributed by atoms with Crippen molar-refractivity contribution in [3.8, 4) is 0 Å². The van der Waals surface area contributed by atoms with Crippen molar-refractivity contribution >= 4 is 13.7 Å². The molecule has 88 valence electrons.